The molecule has 2 aromatic carbocycles. The van der Waals surface area contributed by atoms with Gasteiger partial charge < -0.3 is 13.9 Å². The lowest BCUT2D eigenvalue weighted by molar-refractivity contribution is 0.0878. The maximum Gasteiger partial charge on any atom is 0.344 e. The van der Waals surface area contributed by atoms with Gasteiger partial charge in [0.25, 0.3) is 0 Å². The molecule has 0 spiro atoms. The Labute approximate surface area is 179 Å². The first-order valence-electron chi connectivity index (χ1n) is 10.1. The summed E-state index contributed by atoms with van der Waals surface area (Å²) in [6.07, 6.45) is 1.78. The highest BCUT2D eigenvalue weighted by Gasteiger charge is 2.24. The Morgan fingerprint density at radius 3 is 2.68 bits per heavy atom. The molecule has 0 radical (unpaired) electrons. The van der Waals surface area contributed by atoms with E-state index in [1.165, 1.54) is 0 Å². The molecular weight excluding hydrogens is 392 g/mol. The van der Waals surface area contributed by atoms with Crippen molar-refractivity contribution < 1.29 is 13.9 Å². The predicted octanol–water partition coefficient (Wildman–Crippen LogP) is 4.52. The van der Waals surface area contributed by atoms with Crippen molar-refractivity contribution in [2.24, 2.45) is 0 Å². The van der Waals surface area contributed by atoms with Gasteiger partial charge in [-0.2, -0.15) is 0 Å². The number of fused-ring (bicyclic) bond motifs is 3. The Bertz CT molecular complexity index is 1300. The van der Waals surface area contributed by atoms with Crippen molar-refractivity contribution >= 4 is 11.0 Å². The number of pyridine rings is 1. The van der Waals surface area contributed by atoms with Crippen molar-refractivity contribution in [3.05, 3.63) is 88.0 Å². The molecular formula is C25H22N2O4. The van der Waals surface area contributed by atoms with E-state index in [1.807, 2.05) is 61.5 Å². The van der Waals surface area contributed by atoms with E-state index >= 15 is 0 Å². The van der Waals surface area contributed by atoms with Crippen LogP contribution < -0.4 is 15.1 Å². The van der Waals surface area contributed by atoms with Gasteiger partial charge in [0, 0.05) is 24.7 Å². The van der Waals surface area contributed by atoms with Crippen LogP contribution in [0.4, 0.5) is 0 Å². The molecule has 31 heavy (non-hydrogen) atoms. The molecule has 1 aliphatic heterocycles. The molecule has 0 bridgehead atoms. The Kier molecular flexibility index (Phi) is 4.92. The third-order valence-electron chi connectivity index (χ3n) is 5.67. The van der Waals surface area contributed by atoms with E-state index in [9.17, 15) is 4.79 Å². The molecule has 1 aliphatic rings. The van der Waals surface area contributed by atoms with Gasteiger partial charge in [-0.15, -0.1) is 0 Å². The molecule has 0 unspecified atom stereocenters. The van der Waals surface area contributed by atoms with Crippen LogP contribution in [-0.4, -0.2) is 23.7 Å². The quantitative estimate of drug-likeness (QED) is 0.458. The Morgan fingerprint density at radius 2 is 1.94 bits per heavy atom. The predicted molar refractivity (Wildman–Crippen MR) is 118 cm³/mol. The fourth-order valence-corrected chi connectivity index (χ4v) is 4.08. The number of rotatable bonds is 4. The van der Waals surface area contributed by atoms with Crippen molar-refractivity contribution in [1.82, 2.24) is 9.88 Å². The van der Waals surface area contributed by atoms with Crippen LogP contribution in [0.1, 0.15) is 16.8 Å². The zero-order valence-electron chi connectivity index (χ0n) is 17.4. The molecule has 0 saturated heterocycles. The molecule has 3 heterocycles. The highest BCUT2D eigenvalue weighted by Crippen LogP contribution is 2.36. The summed E-state index contributed by atoms with van der Waals surface area (Å²) in [6, 6.07) is 17.2. The summed E-state index contributed by atoms with van der Waals surface area (Å²) in [6.45, 7) is 3.69. The van der Waals surface area contributed by atoms with E-state index in [4.69, 9.17) is 13.9 Å². The lowest BCUT2D eigenvalue weighted by Gasteiger charge is -2.29. The van der Waals surface area contributed by atoms with Crippen LogP contribution in [0, 0.1) is 6.92 Å². The number of benzene rings is 2. The zero-order chi connectivity index (χ0) is 21.4. The highest BCUT2D eigenvalue weighted by atomic mass is 16.5. The topological polar surface area (TPSA) is 64.8 Å². The largest absolute Gasteiger partial charge is 0.497 e. The Hall–Kier alpha value is -3.64. The fourth-order valence-electron chi connectivity index (χ4n) is 4.08. The highest BCUT2D eigenvalue weighted by molar-refractivity contribution is 5.90. The molecule has 6 nitrogen and oxygen atoms in total. The number of methoxy groups -OCH3 is 1. The molecule has 2 aromatic heterocycles. The molecule has 4 aromatic rings. The van der Waals surface area contributed by atoms with Crippen LogP contribution in [0.15, 0.2) is 70.0 Å². The lowest BCUT2D eigenvalue weighted by atomic mass is 9.97. The summed E-state index contributed by atoms with van der Waals surface area (Å²) in [7, 11) is 1.62. The van der Waals surface area contributed by atoms with Gasteiger partial charge in [-0.3, -0.25) is 9.88 Å². The first-order valence-corrected chi connectivity index (χ1v) is 10.1. The molecule has 0 N–H and O–H groups in total. The monoisotopic (exact) mass is 414 g/mol. The van der Waals surface area contributed by atoms with Crippen molar-refractivity contribution in [3.63, 3.8) is 0 Å². The standard InChI is InChI=1S/C25H22N2O4/c1-16-20-10-11-22-21(14-27(15-30-22)13-18-5-3-4-12-26-18)24(20)31-25(28)23(16)17-6-8-19(29-2)9-7-17/h3-12H,13-15H2,1-2H3. The van der Waals surface area contributed by atoms with Gasteiger partial charge in [0.05, 0.1) is 23.9 Å². The second-order valence-electron chi connectivity index (χ2n) is 7.62. The van der Waals surface area contributed by atoms with Gasteiger partial charge in [0.15, 0.2) is 0 Å². The summed E-state index contributed by atoms with van der Waals surface area (Å²) < 4.78 is 17.1. The third-order valence-corrected chi connectivity index (χ3v) is 5.67. The molecule has 0 amide bonds. The minimum atomic E-state index is -0.356. The van der Waals surface area contributed by atoms with E-state index in [2.05, 4.69) is 9.88 Å². The molecule has 0 atom stereocenters. The Morgan fingerprint density at radius 1 is 1.10 bits per heavy atom. The number of hydrogen-bond acceptors (Lipinski definition) is 6. The summed E-state index contributed by atoms with van der Waals surface area (Å²) in [5.74, 6) is 1.50. The Balaban J connectivity index is 1.56. The number of aromatic nitrogens is 1. The van der Waals surface area contributed by atoms with E-state index < -0.39 is 0 Å². The van der Waals surface area contributed by atoms with Gasteiger partial charge in [-0.1, -0.05) is 18.2 Å². The minimum absolute atomic E-state index is 0.356. The molecule has 0 saturated carbocycles. The summed E-state index contributed by atoms with van der Waals surface area (Å²) >= 11 is 0. The van der Waals surface area contributed by atoms with Gasteiger partial charge in [-0.05, 0) is 54.4 Å². The van der Waals surface area contributed by atoms with Crippen LogP contribution in [0.25, 0.3) is 22.1 Å². The second kappa shape index (κ2) is 7.89. The second-order valence-corrected chi connectivity index (χ2v) is 7.62. The smallest absolute Gasteiger partial charge is 0.344 e. The SMILES string of the molecule is COc1ccc(-c2c(C)c3ccc4c(c3oc2=O)CN(Cc2ccccn2)CO4)cc1. The first kappa shape index (κ1) is 19.3. The van der Waals surface area contributed by atoms with E-state index in [-0.39, 0.29) is 5.63 Å². The number of ether oxygens (including phenoxy) is 2. The number of hydrogen-bond donors (Lipinski definition) is 0. The van der Waals surface area contributed by atoms with Gasteiger partial charge in [0.2, 0.25) is 0 Å². The normalized spacial score (nSPS) is 13.6. The van der Waals surface area contributed by atoms with Crippen LogP contribution in [-0.2, 0) is 13.1 Å². The van der Waals surface area contributed by atoms with E-state index in [1.54, 1.807) is 13.3 Å². The molecule has 156 valence electrons. The number of aryl methyl sites for hydroxylation is 1. The number of nitrogens with zero attached hydrogens (tertiary/aromatic N) is 2. The summed E-state index contributed by atoms with van der Waals surface area (Å²) in [5.41, 5.74) is 4.35. The van der Waals surface area contributed by atoms with Crippen molar-refractivity contribution in [2.45, 2.75) is 20.0 Å². The minimum Gasteiger partial charge on any atom is -0.497 e. The maximum absolute atomic E-state index is 13.0. The summed E-state index contributed by atoms with van der Waals surface area (Å²) in [4.78, 5) is 19.5. The fraction of sp³-hybridized carbons (Fsp3) is 0.200. The first-order chi connectivity index (χ1) is 15.1. The maximum atomic E-state index is 13.0. The van der Waals surface area contributed by atoms with Gasteiger partial charge in [-0.25, -0.2) is 4.79 Å². The van der Waals surface area contributed by atoms with Crippen molar-refractivity contribution in [1.29, 1.82) is 0 Å². The van der Waals surface area contributed by atoms with Crippen molar-refractivity contribution in [3.8, 4) is 22.6 Å². The van der Waals surface area contributed by atoms with Crippen LogP contribution in [0.3, 0.4) is 0 Å². The van der Waals surface area contributed by atoms with Crippen LogP contribution >= 0.6 is 0 Å². The van der Waals surface area contributed by atoms with Gasteiger partial charge >= 0.3 is 5.63 Å². The summed E-state index contributed by atoms with van der Waals surface area (Å²) in [5, 5.41) is 0.910. The third kappa shape index (κ3) is 3.55. The molecule has 0 fully saturated rings. The van der Waals surface area contributed by atoms with Crippen molar-refractivity contribution in [2.75, 3.05) is 13.8 Å². The molecule has 6 heteroatoms. The lowest BCUT2D eigenvalue weighted by Crippen LogP contribution is -2.32. The molecule has 5 rings (SSSR count). The van der Waals surface area contributed by atoms with E-state index in [0.29, 0.717) is 31.0 Å². The van der Waals surface area contributed by atoms with Crippen LogP contribution in [0.5, 0.6) is 11.5 Å². The average molecular weight is 414 g/mol. The van der Waals surface area contributed by atoms with Gasteiger partial charge in [0.1, 0.15) is 23.8 Å². The molecule has 0 aliphatic carbocycles. The van der Waals surface area contributed by atoms with Crippen LogP contribution in [0.2, 0.25) is 0 Å². The zero-order valence-corrected chi connectivity index (χ0v) is 17.4. The van der Waals surface area contributed by atoms with E-state index in [0.717, 1.165) is 39.3 Å². The average Bonchev–Trinajstić information content (AvgIpc) is 2.80.